The molecule has 0 bridgehead atoms. The number of aromatic nitrogens is 2. The highest BCUT2D eigenvalue weighted by molar-refractivity contribution is 6.23. The number of para-hydroxylation sites is 1. The maximum absolute atomic E-state index is 2.59. The van der Waals surface area contributed by atoms with Crippen LogP contribution in [0.4, 0.5) is 0 Å². The summed E-state index contributed by atoms with van der Waals surface area (Å²) in [4.78, 5) is 0. The summed E-state index contributed by atoms with van der Waals surface area (Å²) in [6.45, 7) is 0. The second kappa shape index (κ2) is 11.3. The Hall–Kier alpha value is -5.08. The van der Waals surface area contributed by atoms with Gasteiger partial charge in [0, 0.05) is 33.2 Å². The molecule has 0 radical (unpaired) electrons. The summed E-state index contributed by atoms with van der Waals surface area (Å²) in [5.74, 6) is 0. The fourth-order valence-corrected chi connectivity index (χ4v) is 9.05. The number of nitrogens with zero attached hydrogens (tertiary/aromatic N) is 2. The van der Waals surface area contributed by atoms with Crippen LogP contribution in [-0.2, 0) is 12.8 Å². The number of hydrogen-bond acceptors (Lipinski definition) is 0. The minimum Gasteiger partial charge on any atom is -0.313 e. The molecule has 0 aliphatic heterocycles. The zero-order chi connectivity index (χ0) is 31.6. The second-order valence-corrected chi connectivity index (χ2v) is 14.1. The zero-order valence-corrected chi connectivity index (χ0v) is 27.5. The highest BCUT2D eigenvalue weighted by Gasteiger charge is 2.26. The van der Waals surface area contributed by atoms with E-state index in [2.05, 4.69) is 131 Å². The van der Waals surface area contributed by atoms with Gasteiger partial charge in [-0.1, -0.05) is 85.0 Å². The van der Waals surface area contributed by atoms with Crippen LogP contribution in [0.3, 0.4) is 0 Å². The van der Waals surface area contributed by atoms with E-state index in [1.807, 2.05) is 0 Å². The molecule has 0 amide bonds. The van der Waals surface area contributed by atoms with Crippen LogP contribution in [0.15, 0.2) is 109 Å². The second-order valence-electron chi connectivity index (χ2n) is 14.1. The number of rotatable bonds is 4. The molecule has 0 N–H and O–H groups in total. The molecule has 4 aliphatic rings. The molecule has 0 saturated heterocycles. The van der Waals surface area contributed by atoms with E-state index in [1.165, 1.54) is 114 Å². The van der Waals surface area contributed by atoms with Crippen molar-refractivity contribution in [3.05, 3.63) is 143 Å². The van der Waals surface area contributed by atoms with Crippen LogP contribution in [0.5, 0.6) is 0 Å². The number of aryl methyl sites for hydroxylation is 2. The molecule has 10 rings (SSSR count). The largest absolute Gasteiger partial charge is 0.313 e. The summed E-state index contributed by atoms with van der Waals surface area (Å²) < 4.78 is 5.15. The first-order chi connectivity index (χ1) is 23.8. The van der Waals surface area contributed by atoms with E-state index in [0.29, 0.717) is 0 Å². The van der Waals surface area contributed by atoms with Crippen molar-refractivity contribution in [1.82, 2.24) is 9.13 Å². The summed E-state index contributed by atoms with van der Waals surface area (Å²) in [5.41, 5.74) is 18.2. The zero-order valence-electron chi connectivity index (χ0n) is 27.5. The van der Waals surface area contributed by atoms with Gasteiger partial charge in [0.2, 0.25) is 0 Å². The average Bonchev–Trinajstić information content (AvgIpc) is 3.68. The molecule has 0 spiro atoms. The Morgan fingerprint density at radius 2 is 1.31 bits per heavy atom. The molecule has 48 heavy (non-hydrogen) atoms. The van der Waals surface area contributed by atoms with Gasteiger partial charge in [0.15, 0.2) is 0 Å². The molecule has 2 nitrogen and oxygen atoms in total. The summed E-state index contributed by atoms with van der Waals surface area (Å²) in [5, 5.41) is 4.22. The third-order valence-electron chi connectivity index (χ3n) is 11.4. The van der Waals surface area contributed by atoms with Crippen molar-refractivity contribution in [2.45, 2.75) is 64.2 Å². The van der Waals surface area contributed by atoms with E-state index in [9.17, 15) is 0 Å². The normalized spacial score (nSPS) is 17.6. The van der Waals surface area contributed by atoms with E-state index in [0.717, 1.165) is 38.5 Å². The van der Waals surface area contributed by atoms with Gasteiger partial charge in [0.05, 0.1) is 16.6 Å². The number of allylic oxidation sites excluding steroid dienone is 8. The van der Waals surface area contributed by atoms with E-state index in [1.54, 1.807) is 0 Å². The van der Waals surface area contributed by atoms with Crippen LogP contribution in [0.25, 0.3) is 67.4 Å². The van der Waals surface area contributed by atoms with E-state index in [-0.39, 0.29) is 0 Å². The Morgan fingerprint density at radius 3 is 2.15 bits per heavy atom. The van der Waals surface area contributed by atoms with Gasteiger partial charge in [-0.05, 0) is 140 Å². The van der Waals surface area contributed by atoms with Gasteiger partial charge < -0.3 is 9.13 Å². The number of fused-ring (bicyclic) bond motifs is 8. The molecule has 2 aromatic heterocycles. The SMILES string of the molecule is C1=Cc2c(c3c4c5ccccc5n(C5=Cc6ccccc6CC5)c4ccc3n2C2=CC=C(c3ccc(C4=CCCCC4)cc3)CC2)CC1. The van der Waals surface area contributed by atoms with Gasteiger partial charge in [-0.2, -0.15) is 0 Å². The lowest BCUT2D eigenvalue weighted by molar-refractivity contribution is 0.742. The Kier molecular flexibility index (Phi) is 6.57. The van der Waals surface area contributed by atoms with Gasteiger partial charge in [-0.15, -0.1) is 0 Å². The standard InChI is InChI=1S/C46H40N2/c1-2-10-31(11-3-1)33-18-20-34(21-19-33)35-22-25-37(26-23-35)47-41-16-8-6-14-39(41)45-43(47)28-29-44-46(45)40-15-7-9-17-42(40)48(44)38-27-24-32-12-4-5-13-36(32)30-38/h4-5,7-10,12-13,15-22,25,28-30H,1-3,6,11,14,23-24,26-27H2. The lowest BCUT2D eigenvalue weighted by Crippen LogP contribution is -2.05. The summed E-state index contributed by atoms with van der Waals surface area (Å²) >= 11 is 0. The molecule has 234 valence electrons. The smallest absolute Gasteiger partial charge is 0.0545 e. The lowest BCUT2D eigenvalue weighted by atomic mass is 9.91. The Bertz CT molecular complexity index is 2430. The summed E-state index contributed by atoms with van der Waals surface area (Å²) in [7, 11) is 0. The van der Waals surface area contributed by atoms with Crippen LogP contribution in [0.2, 0.25) is 0 Å². The highest BCUT2D eigenvalue weighted by Crippen LogP contribution is 2.45. The molecule has 0 atom stereocenters. The first kappa shape index (κ1) is 28.0. The first-order valence-electron chi connectivity index (χ1n) is 18.1. The molecule has 4 aliphatic carbocycles. The van der Waals surface area contributed by atoms with Gasteiger partial charge in [0.25, 0.3) is 0 Å². The third-order valence-corrected chi connectivity index (χ3v) is 11.4. The van der Waals surface area contributed by atoms with Gasteiger partial charge in [0.1, 0.15) is 0 Å². The van der Waals surface area contributed by atoms with Crippen molar-refractivity contribution in [3.63, 3.8) is 0 Å². The van der Waals surface area contributed by atoms with E-state index in [4.69, 9.17) is 0 Å². The Labute approximate surface area is 282 Å². The monoisotopic (exact) mass is 620 g/mol. The van der Waals surface area contributed by atoms with Crippen molar-refractivity contribution >= 4 is 67.4 Å². The Balaban J connectivity index is 1.11. The van der Waals surface area contributed by atoms with E-state index < -0.39 is 0 Å². The Morgan fingerprint density at radius 1 is 0.521 bits per heavy atom. The molecule has 4 aromatic carbocycles. The first-order valence-corrected chi connectivity index (χ1v) is 18.1. The van der Waals surface area contributed by atoms with Crippen LogP contribution in [0.1, 0.15) is 84.9 Å². The predicted octanol–water partition coefficient (Wildman–Crippen LogP) is 12.3. The molecule has 0 fully saturated rings. The van der Waals surface area contributed by atoms with Crippen LogP contribution in [0, 0.1) is 0 Å². The van der Waals surface area contributed by atoms with Crippen molar-refractivity contribution in [3.8, 4) is 0 Å². The van der Waals surface area contributed by atoms with Crippen molar-refractivity contribution in [2.75, 3.05) is 0 Å². The quantitative estimate of drug-likeness (QED) is 0.186. The summed E-state index contributed by atoms with van der Waals surface area (Å²) in [6.07, 6.45) is 25.9. The maximum Gasteiger partial charge on any atom is 0.0545 e. The van der Waals surface area contributed by atoms with Crippen LogP contribution < -0.4 is 0 Å². The van der Waals surface area contributed by atoms with Gasteiger partial charge in [-0.25, -0.2) is 0 Å². The minimum absolute atomic E-state index is 1.04. The van der Waals surface area contributed by atoms with Crippen molar-refractivity contribution in [1.29, 1.82) is 0 Å². The number of benzene rings is 4. The fourth-order valence-electron chi connectivity index (χ4n) is 9.05. The van der Waals surface area contributed by atoms with Gasteiger partial charge >= 0.3 is 0 Å². The van der Waals surface area contributed by atoms with Gasteiger partial charge in [-0.3, -0.25) is 0 Å². The third kappa shape index (κ3) is 4.39. The summed E-state index contributed by atoms with van der Waals surface area (Å²) in [6, 6.07) is 32.2. The molecule has 0 unspecified atom stereocenters. The minimum atomic E-state index is 1.04. The van der Waals surface area contributed by atoms with Crippen molar-refractivity contribution in [2.24, 2.45) is 0 Å². The average molecular weight is 621 g/mol. The fraction of sp³-hybridized carbons (Fsp3) is 0.217. The molecule has 2 heteroatoms. The highest BCUT2D eigenvalue weighted by atomic mass is 15.0. The topological polar surface area (TPSA) is 9.86 Å². The van der Waals surface area contributed by atoms with E-state index >= 15 is 0 Å². The molecular weight excluding hydrogens is 581 g/mol. The molecule has 2 heterocycles. The number of hydrogen-bond donors (Lipinski definition) is 0. The van der Waals surface area contributed by atoms with Crippen LogP contribution >= 0.6 is 0 Å². The molecule has 6 aromatic rings. The predicted molar refractivity (Wildman–Crippen MR) is 206 cm³/mol. The molecular formula is C46H40N2. The molecule has 0 saturated carbocycles. The lowest BCUT2D eigenvalue weighted by Gasteiger charge is -2.20. The maximum atomic E-state index is 2.59. The van der Waals surface area contributed by atoms with Crippen molar-refractivity contribution < 1.29 is 0 Å². The van der Waals surface area contributed by atoms with Crippen LogP contribution in [-0.4, -0.2) is 9.13 Å².